The van der Waals surface area contributed by atoms with E-state index >= 15 is 0 Å². The zero-order valence-electron chi connectivity index (χ0n) is 8.49. The van der Waals surface area contributed by atoms with Crippen LogP contribution in [0.1, 0.15) is 24.9 Å². The largest absolute Gasteiger partial charge is 0.504 e. The molecule has 1 aromatic carbocycles. The van der Waals surface area contributed by atoms with Crippen molar-refractivity contribution in [1.82, 2.24) is 5.32 Å². The van der Waals surface area contributed by atoms with Crippen LogP contribution in [0.4, 0.5) is 0 Å². The normalized spacial score (nSPS) is 19.4. The molecule has 0 aromatic heterocycles. The number of rotatable bonds is 2. The molecule has 0 spiro atoms. The van der Waals surface area contributed by atoms with E-state index in [1.54, 1.807) is 12.1 Å². The molecule has 2 N–H and O–H groups in total. The van der Waals surface area contributed by atoms with E-state index in [1.165, 1.54) is 6.92 Å². The number of esters is 1. The van der Waals surface area contributed by atoms with Crippen molar-refractivity contribution in [1.29, 1.82) is 0 Å². The molecule has 0 amide bonds. The summed E-state index contributed by atoms with van der Waals surface area (Å²) in [5.41, 5.74) is 1.02. The summed E-state index contributed by atoms with van der Waals surface area (Å²) < 4.78 is 4.82. The first-order valence-electron chi connectivity index (χ1n) is 4.91. The number of aromatic hydroxyl groups is 1. The van der Waals surface area contributed by atoms with Crippen molar-refractivity contribution in [3.8, 4) is 11.5 Å². The minimum absolute atomic E-state index is 0.0106. The third kappa shape index (κ3) is 2.10. The van der Waals surface area contributed by atoms with Gasteiger partial charge in [0.1, 0.15) is 0 Å². The lowest BCUT2D eigenvalue weighted by atomic mass is 9.98. The number of phenols is 1. The molecule has 0 unspecified atom stereocenters. The predicted octanol–water partition coefficient (Wildman–Crippen LogP) is 1.35. The number of nitrogens with one attached hydrogen (secondary N) is 1. The Morgan fingerprint density at radius 1 is 1.60 bits per heavy atom. The Labute approximate surface area is 87.9 Å². The molecule has 0 radical (unpaired) electrons. The average molecular weight is 207 g/mol. The number of phenolic OH excluding ortho intramolecular Hbond substituents is 1. The van der Waals surface area contributed by atoms with E-state index in [0.717, 1.165) is 18.5 Å². The number of carbonyl (C=O) groups is 1. The highest BCUT2D eigenvalue weighted by molar-refractivity contribution is 5.70. The van der Waals surface area contributed by atoms with Gasteiger partial charge in [0.25, 0.3) is 0 Å². The van der Waals surface area contributed by atoms with Gasteiger partial charge >= 0.3 is 5.97 Å². The van der Waals surface area contributed by atoms with Crippen LogP contribution in [-0.2, 0) is 4.79 Å². The molecule has 1 atom stereocenters. The Morgan fingerprint density at radius 2 is 2.33 bits per heavy atom. The van der Waals surface area contributed by atoms with Crippen molar-refractivity contribution in [2.45, 2.75) is 19.4 Å². The van der Waals surface area contributed by atoms with Crippen molar-refractivity contribution in [2.75, 3.05) is 6.54 Å². The lowest BCUT2D eigenvalue weighted by molar-refractivity contribution is -0.132. The van der Waals surface area contributed by atoms with Crippen molar-refractivity contribution in [2.24, 2.45) is 0 Å². The van der Waals surface area contributed by atoms with Gasteiger partial charge in [-0.1, -0.05) is 6.07 Å². The van der Waals surface area contributed by atoms with Gasteiger partial charge in [-0.15, -0.1) is 0 Å². The summed E-state index contributed by atoms with van der Waals surface area (Å²) >= 11 is 0. The maximum atomic E-state index is 10.7. The van der Waals surface area contributed by atoms with Crippen LogP contribution in [-0.4, -0.2) is 17.6 Å². The minimum atomic E-state index is -0.431. The fourth-order valence-electron chi connectivity index (χ4n) is 1.57. The first kappa shape index (κ1) is 9.98. The molecule has 4 heteroatoms. The maximum absolute atomic E-state index is 10.7. The maximum Gasteiger partial charge on any atom is 0.308 e. The highest BCUT2D eigenvalue weighted by Gasteiger charge is 2.19. The molecule has 15 heavy (non-hydrogen) atoms. The number of benzene rings is 1. The second kappa shape index (κ2) is 3.90. The third-order valence-electron chi connectivity index (χ3n) is 2.46. The molecular weight excluding hydrogens is 194 g/mol. The molecule has 2 rings (SSSR count). The molecular formula is C11H13NO3. The van der Waals surface area contributed by atoms with Gasteiger partial charge in [0, 0.05) is 13.0 Å². The van der Waals surface area contributed by atoms with E-state index in [0.29, 0.717) is 6.04 Å². The van der Waals surface area contributed by atoms with Crippen molar-refractivity contribution < 1.29 is 14.6 Å². The highest BCUT2D eigenvalue weighted by atomic mass is 16.5. The summed E-state index contributed by atoms with van der Waals surface area (Å²) in [6.07, 6.45) is 1.08. The van der Waals surface area contributed by atoms with Crippen molar-refractivity contribution >= 4 is 5.97 Å². The SMILES string of the molecule is CC(=O)Oc1ccc([C@@H]2CCN2)cc1O. The zero-order valence-corrected chi connectivity index (χ0v) is 8.49. The van der Waals surface area contributed by atoms with Crippen molar-refractivity contribution in [3.05, 3.63) is 23.8 Å². The molecule has 80 valence electrons. The van der Waals surface area contributed by atoms with Crippen LogP contribution in [0.5, 0.6) is 11.5 Å². The van der Waals surface area contributed by atoms with Crippen LogP contribution in [0.25, 0.3) is 0 Å². The molecule has 1 aromatic rings. The first-order chi connectivity index (χ1) is 7.16. The van der Waals surface area contributed by atoms with Crippen LogP contribution in [0, 0.1) is 0 Å². The number of ether oxygens (including phenoxy) is 1. The van der Waals surface area contributed by atoms with Crippen LogP contribution in [0.15, 0.2) is 18.2 Å². The van der Waals surface area contributed by atoms with Gasteiger partial charge in [0.15, 0.2) is 11.5 Å². The van der Waals surface area contributed by atoms with E-state index in [-0.39, 0.29) is 11.5 Å². The van der Waals surface area contributed by atoms with E-state index in [4.69, 9.17) is 4.74 Å². The average Bonchev–Trinajstić information content (AvgIpc) is 2.06. The van der Waals surface area contributed by atoms with Crippen LogP contribution in [0.3, 0.4) is 0 Å². The lowest BCUT2D eigenvalue weighted by Gasteiger charge is -2.28. The predicted molar refractivity (Wildman–Crippen MR) is 54.8 cm³/mol. The fraction of sp³-hybridized carbons (Fsp3) is 0.364. The molecule has 0 aliphatic carbocycles. The molecule has 0 bridgehead atoms. The van der Waals surface area contributed by atoms with Gasteiger partial charge in [-0.2, -0.15) is 0 Å². The molecule has 1 heterocycles. The Morgan fingerprint density at radius 3 is 2.80 bits per heavy atom. The Bertz CT molecular complexity index is 385. The molecule has 0 saturated carbocycles. The zero-order chi connectivity index (χ0) is 10.8. The second-order valence-corrected chi connectivity index (χ2v) is 3.62. The summed E-state index contributed by atoms with van der Waals surface area (Å²) in [5, 5.41) is 12.8. The fourth-order valence-corrected chi connectivity index (χ4v) is 1.57. The Hall–Kier alpha value is -1.55. The van der Waals surface area contributed by atoms with E-state index < -0.39 is 5.97 Å². The van der Waals surface area contributed by atoms with Crippen LogP contribution in [0.2, 0.25) is 0 Å². The quantitative estimate of drug-likeness (QED) is 0.567. The van der Waals surface area contributed by atoms with E-state index in [2.05, 4.69) is 5.32 Å². The van der Waals surface area contributed by atoms with Gasteiger partial charge in [-0.05, 0) is 30.7 Å². The molecule has 4 nitrogen and oxygen atoms in total. The second-order valence-electron chi connectivity index (χ2n) is 3.62. The number of carbonyl (C=O) groups excluding carboxylic acids is 1. The van der Waals surface area contributed by atoms with E-state index in [1.807, 2.05) is 6.07 Å². The Kier molecular flexibility index (Phi) is 2.60. The van der Waals surface area contributed by atoms with Gasteiger partial charge in [0.2, 0.25) is 0 Å². The first-order valence-corrected chi connectivity index (χ1v) is 4.91. The molecule has 1 fully saturated rings. The monoisotopic (exact) mass is 207 g/mol. The topological polar surface area (TPSA) is 58.6 Å². The number of hydrogen-bond donors (Lipinski definition) is 2. The summed E-state index contributed by atoms with van der Waals surface area (Å²) in [6, 6.07) is 5.43. The number of hydrogen-bond acceptors (Lipinski definition) is 4. The molecule has 1 aliphatic heterocycles. The standard InChI is InChI=1S/C11H13NO3/c1-7(13)15-11-3-2-8(6-10(11)14)9-4-5-12-9/h2-3,6,9,12,14H,4-5H2,1H3/t9-/m0/s1. The van der Waals surface area contributed by atoms with Gasteiger partial charge in [-0.25, -0.2) is 0 Å². The highest BCUT2D eigenvalue weighted by Crippen LogP contribution is 2.32. The van der Waals surface area contributed by atoms with Gasteiger partial charge < -0.3 is 15.2 Å². The summed E-state index contributed by atoms with van der Waals surface area (Å²) in [4.78, 5) is 10.7. The van der Waals surface area contributed by atoms with Crippen LogP contribution >= 0.6 is 0 Å². The van der Waals surface area contributed by atoms with E-state index in [9.17, 15) is 9.90 Å². The minimum Gasteiger partial charge on any atom is -0.504 e. The smallest absolute Gasteiger partial charge is 0.308 e. The van der Waals surface area contributed by atoms with Crippen LogP contribution < -0.4 is 10.1 Å². The summed E-state index contributed by atoms with van der Waals surface area (Å²) in [7, 11) is 0. The summed E-state index contributed by atoms with van der Waals surface area (Å²) in [6.45, 7) is 2.32. The third-order valence-corrected chi connectivity index (χ3v) is 2.46. The van der Waals surface area contributed by atoms with Crippen molar-refractivity contribution in [3.63, 3.8) is 0 Å². The van der Waals surface area contributed by atoms with Gasteiger partial charge in [-0.3, -0.25) is 4.79 Å². The lowest BCUT2D eigenvalue weighted by Crippen LogP contribution is -2.34. The van der Waals surface area contributed by atoms with Gasteiger partial charge in [0.05, 0.1) is 0 Å². The summed E-state index contributed by atoms with van der Waals surface area (Å²) in [5.74, 6) is -0.207. The molecule has 1 saturated heterocycles. The molecule has 1 aliphatic rings. The Balaban J connectivity index is 2.18.